The third-order valence-corrected chi connectivity index (χ3v) is 7.03. The molecular weight excluding hydrogens is 392 g/mol. The van der Waals surface area contributed by atoms with Crippen LogP contribution in [0.25, 0.3) is 0 Å². The lowest BCUT2D eigenvalue weighted by Gasteiger charge is -2.38. The maximum Gasteiger partial charge on any atom is 0.256 e. The topological polar surface area (TPSA) is 83.4 Å². The third kappa shape index (κ3) is 3.62. The summed E-state index contributed by atoms with van der Waals surface area (Å²) < 4.78 is 2.19. The zero-order valence-corrected chi connectivity index (χ0v) is 17.6. The predicted molar refractivity (Wildman–Crippen MR) is 118 cm³/mol. The van der Waals surface area contributed by atoms with Crippen LogP contribution in [0.1, 0.15) is 61.7 Å². The van der Waals surface area contributed by atoms with E-state index in [0.717, 1.165) is 32.1 Å². The molecule has 1 aromatic carbocycles. The van der Waals surface area contributed by atoms with Gasteiger partial charge >= 0.3 is 0 Å². The molecule has 1 aromatic heterocycles. The summed E-state index contributed by atoms with van der Waals surface area (Å²) in [4.78, 5) is 40.2. The molecular formula is C24H28N4O3. The molecule has 1 atom stereocenters. The maximum absolute atomic E-state index is 13.0. The van der Waals surface area contributed by atoms with E-state index in [1.54, 1.807) is 23.1 Å². The summed E-state index contributed by atoms with van der Waals surface area (Å²) in [5, 5.41) is 5.88. The zero-order valence-electron chi connectivity index (χ0n) is 17.6. The summed E-state index contributed by atoms with van der Waals surface area (Å²) >= 11 is 0. The third-order valence-electron chi connectivity index (χ3n) is 7.03. The van der Waals surface area contributed by atoms with Crippen LogP contribution in [0.5, 0.6) is 0 Å². The van der Waals surface area contributed by atoms with Gasteiger partial charge in [0.1, 0.15) is 6.04 Å². The first kappa shape index (κ1) is 19.8. The molecule has 2 N–H and O–H groups in total. The number of anilines is 2. The summed E-state index contributed by atoms with van der Waals surface area (Å²) in [7, 11) is 0. The molecule has 1 unspecified atom stereocenters. The van der Waals surface area contributed by atoms with E-state index in [-0.39, 0.29) is 23.3 Å². The first-order valence-corrected chi connectivity index (χ1v) is 11.2. The second kappa shape index (κ2) is 7.87. The van der Waals surface area contributed by atoms with Crippen molar-refractivity contribution in [3.8, 4) is 0 Å². The molecule has 1 saturated heterocycles. The number of nitrogens with one attached hydrogen (secondary N) is 2. The molecule has 1 aliphatic carbocycles. The standard InChI is InChI=1S/C24H28N4O3/c29-21(16-24(10-2-1-3-11-24)27-12-4-5-13-27)25-17-8-9-19-18(15-17)23(31)28-14-6-7-20(28)22(30)26-19/h4-5,8-9,12-13,15,20H,1-3,6-7,10-11,14,16H2,(H,25,29)(H,26,30). The Morgan fingerprint density at radius 1 is 1.10 bits per heavy atom. The van der Waals surface area contributed by atoms with E-state index < -0.39 is 6.04 Å². The highest BCUT2D eigenvalue weighted by Crippen LogP contribution is 2.38. The zero-order chi connectivity index (χ0) is 21.4. The normalized spacial score (nSPS) is 22.3. The van der Waals surface area contributed by atoms with Gasteiger partial charge in [0, 0.05) is 24.6 Å². The molecule has 7 nitrogen and oxygen atoms in total. The monoisotopic (exact) mass is 420 g/mol. The Kier molecular flexibility index (Phi) is 5.04. The number of aromatic nitrogens is 1. The SMILES string of the molecule is O=C(CC1(n2cccc2)CCCCC1)Nc1ccc2c(c1)C(=O)N1CCCC1C(=O)N2. The first-order valence-electron chi connectivity index (χ1n) is 11.2. The van der Waals surface area contributed by atoms with Gasteiger partial charge in [0.25, 0.3) is 5.91 Å². The van der Waals surface area contributed by atoms with Gasteiger partial charge in [0.05, 0.1) is 23.2 Å². The van der Waals surface area contributed by atoms with E-state index in [2.05, 4.69) is 27.6 Å². The Hall–Kier alpha value is -3.09. The number of hydrogen-bond acceptors (Lipinski definition) is 3. The Balaban J connectivity index is 1.36. The largest absolute Gasteiger partial charge is 0.348 e. The van der Waals surface area contributed by atoms with Crippen LogP contribution in [0.4, 0.5) is 11.4 Å². The van der Waals surface area contributed by atoms with Crippen LogP contribution in [0.2, 0.25) is 0 Å². The number of nitrogens with zero attached hydrogens (tertiary/aromatic N) is 2. The summed E-state index contributed by atoms with van der Waals surface area (Å²) in [6.45, 7) is 0.590. The van der Waals surface area contributed by atoms with E-state index in [0.29, 0.717) is 36.3 Å². The van der Waals surface area contributed by atoms with Gasteiger partial charge in [-0.25, -0.2) is 0 Å². The fourth-order valence-electron chi connectivity index (χ4n) is 5.45. The van der Waals surface area contributed by atoms with E-state index in [1.807, 2.05) is 12.1 Å². The molecule has 0 radical (unpaired) electrons. The quantitative estimate of drug-likeness (QED) is 0.791. The maximum atomic E-state index is 13.0. The van der Waals surface area contributed by atoms with Gasteiger partial charge < -0.3 is 20.1 Å². The van der Waals surface area contributed by atoms with Crippen molar-refractivity contribution in [1.82, 2.24) is 9.47 Å². The number of amides is 3. The number of hydrogen-bond donors (Lipinski definition) is 2. The molecule has 2 aliphatic heterocycles. The van der Waals surface area contributed by atoms with Gasteiger partial charge in [0.15, 0.2) is 0 Å². The van der Waals surface area contributed by atoms with Crippen LogP contribution < -0.4 is 10.6 Å². The lowest BCUT2D eigenvalue weighted by molar-refractivity contribution is -0.120. The molecule has 3 aliphatic rings. The average Bonchev–Trinajstić information content (AvgIpc) is 3.46. The molecule has 3 heterocycles. The van der Waals surface area contributed by atoms with Crippen molar-refractivity contribution in [1.29, 1.82) is 0 Å². The van der Waals surface area contributed by atoms with Crippen molar-refractivity contribution in [2.24, 2.45) is 0 Å². The number of carbonyl (C=O) groups is 3. The van der Waals surface area contributed by atoms with Crippen molar-refractivity contribution in [2.45, 2.75) is 62.9 Å². The average molecular weight is 421 g/mol. The molecule has 3 amide bonds. The second-order valence-corrected chi connectivity index (χ2v) is 9.01. The smallest absolute Gasteiger partial charge is 0.256 e. The fourth-order valence-corrected chi connectivity index (χ4v) is 5.45. The molecule has 2 aromatic rings. The molecule has 0 spiro atoms. The fraction of sp³-hybridized carbons (Fsp3) is 0.458. The first-order chi connectivity index (χ1) is 15.1. The van der Waals surface area contributed by atoms with Crippen molar-refractivity contribution in [2.75, 3.05) is 17.2 Å². The predicted octanol–water partition coefficient (Wildman–Crippen LogP) is 3.73. The van der Waals surface area contributed by atoms with Crippen LogP contribution in [-0.4, -0.2) is 39.8 Å². The molecule has 0 bridgehead atoms. The van der Waals surface area contributed by atoms with Gasteiger partial charge in [-0.3, -0.25) is 14.4 Å². The van der Waals surface area contributed by atoms with Gasteiger partial charge in [-0.05, 0) is 56.0 Å². The lowest BCUT2D eigenvalue weighted by Crippen LogP contribution is -2.40. The van der Waals surface area contributed by atoms with Gasteiger partial charge in [-0.15, -0.1) is 0 Å². The molecule has 7 heteroatoms. The number of rotatable bonds is 4. The van der Waals surface area contributed by atoms with Gasteiger partial charge in [0.2, 0.25) is 11.8 Å². The molecule has 5 rings (SSSR count). The minimum Gasteiger partial charge on any atom is -0.348 e. The number of carbonyl (C=O) groups excluding carboxylic acids is 3. The minimum absolute atomic E-state index is 0.0558. The van der Waals surface area contributed by atoms with Gasteiger partial charge in [-0.2, -0.15) is 0 Å². The van der Waals surface area contributed by atoms with Crippen LogP contribution in [0.3, 0.4) is 0 Å². The highest BCUT2D eigenvalue weighted by atomic mass is 16.2. The van der Waals surface area contributed by atoms with Crippen LogP contribution in [0.15, 0.2) is 42.7 Å². The van der Waals surface area contributed by atoms with Crippen LogP contribution in [0, 0.1) is 0 Å². The van der Waals surface area contributed by atoms with E-state index in [1.165, 1.54) is 6.42 Å². The molecule has 162 valence electrons. The molecule has 1 saturated carbocycles. The Labute approximate surface area is 181 Å². The van der Waals surface area contributed by atoms with Crippen molar-refractivity contribution < 1.29 is 14.4 Å². The Morgan fingerprint density at radius 2 is 1.87 bits per heavy atom. The van der Waals surface area contributed by atoms with E-state index >= 15 is 0 Å². The molecule has 2 fully saturated rings. The summed E-state index contributed by atoms with van der Waals surface area (Å²) in [5.74, 6) is -0.338. The Morgan fingerprint density at radius 3 is 2.65 bits per heavy atom. The molecule has 31 heavy (non-hydrogen) atoms. The highest BCUT2D eigenvalue weighted by molar-refractivity contribution is 6.11. The summed E-state index contributed by atoms with van der Waals surface area (Å²) in [6.07, 6.45) is 11.4. The van der Waals surface area contributed by atoms with Crippen molar-refractivity contribution in [3.63, 3.8) is 0 Å². The lowest BCUT2D eigenvalue weighted by atomic mass is 9.78. The highest BCUT2D eigenvalue weighted by Gasteiger charge is 2.39. The van der Waals surface area contributed by atoms with Crippen LogP contribution >= 0.6 is 0 Å². The van der Waals surface area contributed by atoms with E-state index in [9.17, 15) is 14.4 Å². The summed E-state index contributed by atoms with van der Waals surface area (Å²) in [5.41, 5.74) is 1.35. The van der Waals surface area contributed by atoms with Gasteiger partial charge in [-0.1, -0.05) is 19.3 Å². The second-order valence-electron chi connectivity index (χ2n) is 9.01. The Bertz CT molecular complexity index is 1010. The van der Waals surface area contributed by atoms with E-state index in [4.69, 9.17) is 0 Å². The van der Waals surface area contributed by atoms with Crippen molar-refractivity contribution in [3.05, 3.63) is 48.3 Å². The summed E-state index contributed by atoms with van der Waals surface area (Å²) in [6, 6.07) is 8.78. The number of benzene rings is 1. The van der Waals surface area contributed by atoms with Crippen molar-refractivity contribution >= 4 is 29.1 Å². The van der Waals surface area contributed by atoms with Crippen LogP contribution in [-0.2, 0) is 15.1 Å². The number of fused-ring (bicyclic) bond motifs is 2. The minimum atomic E-state index is -0.398.